The summed E-state index contributed by atoms with van der Waals surface area (Å²) in [7, 11) is 0. The Balaban J connectivity index is 2.53. The Morgan fingerprint density at radius 3 is 2.58 bits per heavy atom. The van der Waals surface area contributed by atoms with Crippen LogP contribution in [0.2, 0.25) is 0 Å². The number of hydrogen-bond donors (Lipinski definition) is 0. The molecule has 0 aromatic heterocycles. The van der Waals surface area contributed by atoms with Crippen LogP contribution in [0.3, 0.4) is 0 Å². The number of para-hydroxylation sites is 2. The van der Waals surface area contributed by atoms with Crippen molar-refractivity contribution in [2.24, 2.45) is 0 Å². The number of ether oxygens (including phenoxy) is 1. The summed E-state index contributed by atoms with van der Waals surface area (Å²) in [5.41, 5.74) is -0.417. The van der Waals surface area contributed by atoms with Crippen LogP contribution in [0.4, 0.5) is 10.1 Å². The van der Waals surface area contributed by atoms with Gasteiger partial charge < -0.3 is 4.74 Å². The fraction of sp³-hybridized carbons (Fsp3) is 0. The van der Waals surface area contributed by atoms with E-state index in [1.807, 2.05) is 0 Å². The summed E-state index contributed by atoms with van der Waals surface area (Å²) >= 11 is 0. The second kappa shape index (κ2) is 5.14. The van der Waals surface area contributed by atoms with Crippen LogP contribution in [-0.2, 0) is 0 Å². The summed E-state index contributed by atoms with van der Waals surface area (Å²) in [6.07, 6.45) is 0. The molecule has 6 heteroatoms. The number of nitro groups is 1. The lowest BCUT2D eigenvalue weighted by molar-refractivity contribution is -0.385. The highest BCUT2D eigenvalue weighted by Crippen LogP contribution is 2.35. The molecule has 5 nitrogen and oxygen atoms in total. The van der Waals surface area contributed by atoms with Crippen LogP contribution in [0, 0.1) is 27.3 Å². The Labute approximate surface area is 107 Å². The summed E-state index contributed by atoms with van der Waals surface area (Å²) in [4.78, 5) is 10.2. The summed E-state index contributed by atoms with van der Waals surface area (Å²) in [6, 6.07) is 11.2. The first-order valence-electron chi connectivity index (χ1n) is 5.23. The minimum absolute atomic E-state index is 0.0301. The third kappa shape index (κ3) is 2.50. The monoisotopic (exact) mass is 258 g/mol. The van der Waals surface area contributed by atoms with E-state index in [0.29, 0.717) is 0 Å². The van der Waals surface area contributed by atoms with E-state index in [-0.39, 0.29) is 22.7 Å². The van der Waals surface area contributed by atoms with Crippen molar-refractivity contribution in [3.8, 4) is 17.6 Å². The molecule has 2 aromatic rings. The topological polar surface area (TPSA) is 76.2 Å². The molecule has 0 fully saturated rings. The Morgan fingerprint density at radius 2 is 1.95 bits per heavy atom. The van der Waals surface area contributed by atoms with Gasteiger partial charge >= 0.3 is 5.69 Å². The second-order valence-electron chi connectivity index (χ2n) is 3.56. The lowest BCUT2D eigenvalue weighted by Gasteiger charge is -2.08. The van der Waals surface area contributed by atoms with E-state index < -0.39 is 10.7 Å². The Hall–Kier alpha value is -2.94. The molecule has 0 amide bonds. The number of nitro benzene ring substituents is 1. The van der Waals surface area contributed by atoms with Crippen molar-refractivity contribution in [1.29, 1.82) is 5.26 Å². The van der Waals surface area contributed by atoms with Crippen LogP contribution in [0.15, 0.2) is 42.5 Å². The van der Waals surface area contributed by atoms with Crippen LogP contribution < -0.4 is 4.74 Å². The molecule has 0 bridgehead atoms. The largest absolute Gasteiger partial charge is 0.446 e. The SMILES string of the molecule is N#Cc1cccc([N+](=O)[O-])c1Oc1ccccc1F. The molecular weight excluding hydrogens is 251 g/mol. The van der Waals surface area contributed by atoms with Gasteiger partial charge in [-0.1, -0.05) is 18.2 Å². The van der Waals surface area contributed by atoms with Gasteiger partial charge in [-0.05, 0) is 18.2 Å². The molecule has 0 N–H and O–H groups in total. The maximum absolute atomic E-state index is 13.5. The third-order valence-corrected chi connectivity index (χ3v) is 2.36. The van der Waals surface area contributed by atoms with Crippen LogP contribution >= 0.6 is 0 Å². The molecule has 0 aliphatic rings. The first-order valence-corrected chi connectivity index (χ1v) is 5.23. The van der Waals surface area contributed by atoms with Gasteiger partial charge in [0, 0.05) is 6.07 Å². The van der Waals surface area contributed by atoms with E-state index in [0.717, 1.165) is 6.07 Å². The summed E-state index contributed by atoms with van der Waals surface area (Å²) in [5, 5.41) is 19.8. The lowest BCUT2D eigenvalue weighted by Crippen LogP contribution is -1.97. The predicted octanol–water partition coefficient (Wildman–Crippen LogP) is 3.40. The van der Waals surface area contributed by atoms with Crippen LogP contribution in [0.1, 0.15) is 5.56 Å². The van der Waals surface area contributed by atoms with E-state index >= 15 is 0 Å². The van der Waals surface area contributed by atoms with Gasteiger partial charge in [0.25, 0.3) is 0 Å². The number of nitriles is 1. The van der Waals surface area contributed by atoms with E-state index in [1.54, 1.807) is 6.07 Å². The number of halogens is 1. The Kier molecular flexibility index (Phi) is 3.39. The maximum atomic E-state index is 13.5. The number of rotatable bonds is 3. The summed E-state index contributed by atoms with van der Waals surface area (Å²) < 4.78 is 18.7. The van der Waals surface area contributed by atoms with Crippen molar-refractivity contribution in [3.05, 3.63) is 64.0 Å². The molecule has 19 heavy (non-hydrogen) atoms. The molecule has 0 saturated heterocycles. The van der Waals surface area contributed by atoms with Crippen molar-refractivity contribution in [2.45, 2.75) is 0 Å². The normalized spacial score (nSPS) is 9.68. The fourth-order valence-electron chi connectivity index (χ4n) is 1.50. The zero-order chi connectivity index (χ0) is 13.8. The fourth-order valence-corrected chi connectivity index (χ4v) is 1.50. The zero-order valence-electron chi connectivity index (χ0n) is 9.54. The molecule has 0 spiro atoms. The van der Waals surface area contributed by atoms with Gasteiger partial charge in [-0.2, -0.15) is 5.26 Å². The number of nitrogens with zero attached hydrogens (tertiary/aromatic N) is 2. The minimum Gasteiger partial charge on any atom is -0.446 e. The van der Waals surface area contributed by atoms with Crippen molar-refractivity contribution in [3.63, 3.8) is 0 Å². The van der Waals surface area contributed by atoms with Crippen molar-refractivity contribution >= 4 is 5.69 Å². The Bertz CT molecular complexity index is 680. The van der Waals surface area contributed by atoms with Crippen LogP contribution in [-0.4, -0.2) is 4.92 Å². The van der Waals surface area contributed by atoms with Gasteiger partial charge in [-0.3, -0.25) is 10.1 Å². The average Bonchev–Trinajstić information content (AvgIpc) is 2.41. The van der Waals surface area contributed by atoms with Crippen LogP contribution in [0.25, 0.3) is 0 Å². The van der Waals surface area contributed by atoms with Crippen molar-refractivity contribution < 1.29 is 14.1 Å². The molecule has 0 aliphatic carbocycles. The quantitative estimate of drug-likeness (QED) is 0.624. The van der Waals surface area contributed by atoms with Gasteiger partial charge in [0.15, 0.2) is 11.6 Å². The molecule has 0 aliphatic heterocycles. The minimum atomic E-state index is -0.684. The maximum Gasteiger partial charge on any atom is 0.312 e. The van der Waals surface area contributed by atoms with Crippen molar-refractivity contribution in [2.75, 3.05) is 0 Å². The van der Waals surface area contributed by atoms with Crippen molar-refractivity contribution in [1.82, 2.24) is 0 Å². The first kappa shape index (κ1) is 12.5. The molecular formula is C13H7FN2O3. The summed E-state index contributed by atoms with van der Waals surface area (Å²) in [6.45, 7) is 0. The first-order chi connectivity index (χ1) is 9.13. The Morgan fingerprint density at radius 1 is 1.21 bits per heavy atom. The lowest BCUT2D eigenvalue weighted by atomic mass is 10.2. The molecule has 0 unspecified atom stereocenters. The average molecular weight is 258 g/mol. The van der Waals surface area contributed by atoms with E-state index in [9.17, 15) is 14.5 Å². The zero-order valence-corrected chi connectivity index (χ0v) is 9.54. The van der Waals surface area contributed by atoms with E-state index in [1.165, 1.54) is 36.4 Å². The molecule has 0 atom stereocenters. The second-order valence-corrected chi connectivity index (χ2v) is 3.56. The van der Waals surface area contributed by atoms with E-state index in [2.05, 4.69) is 0 Å². The molecule has 0 saturated carbocycles. The third-order valence-electron chi connectivity index (χ3n) is 2.36. The van der Waals surface area contributed by atoms with Crippen LogP contribution in [0.5, 0.6) is 11.5 Å². The van der Waals surface area contributed by atoms with Gasteiger partial charge in [-0.25, -0.2) is 4.39 Å². The molecule has 0 heterocycles. The van der Waals surface area contributed by atoms with Gasteiger partial charge in [0.05, 0.1) is 4.92 Å². The molecule has 94 valence electrons. The summed E-state index contributed by atoms with van der Waals surface area (Å²) in [5.74, 6) is -1.10. The van der Waals surface area contributed by atoms with E-state index in [4.69, 9.17) is 10.00 Å². The standard InChI is InChI=1S/C13H7FN2O3/c14-10-5-1-2-7-12(10)19-13-9(8-15)4-3-6-11(13)16(17)18/h1-7H. The predicted molar refractivity (Wildman–Crippen MR) is 64.3 cm³/mol. The molecule has 0 radical (unpaired) electrons. The van der Waals surface area contributed by atoms with Gasteiger partial charge in [0.2, 0.25) is 5.75 Å². The highest BCUT2D eigenvalue weighted by molar-refractivity contribution is 5.58. The number of benzene rings is 2. The smallest absolute Gasteiger partial charge is 0.312 e. The molecule has 2 aromatic carbocycles. The number of hydrogen-bond acceptors (Lipinski definition) is 4. The highest BCUT2D eigenvalue weighted by atomic mass is 19.1. The molecule has 2 rings (SSSR count). The highest BCUT2D eigenvalue weighted by Gasteiger charge is 2.20. The van der Waals surface area contributed by atoms with Gasteiger partial charge in [0.1, 0.15) is 11.6 Å². The van der Waals surface area contributed by atoms with Gasteiger partial charge in [-0.15, -0.1) is 0 Å².